The van der Waals surface area contributed by atoms with Crippen LogP contribution in [0.5, 0.6) is 17.2 Å². The molecule has 1 heterocycles. The van der Waals surface area contributed by atoms with Crippen LogP contribution in [0.1, 0.15) is 42.1 Å². The van der Waals surface area contributed by atoms with Gasteiger partial charge in [-0.2, -0.15) is 0 Å². The van der Waals surface area contributed by atoms with Gasteiger partial charge in [0, 0.05) is 25.4 Å². The molecule has 1 aliphatic rings. The zero-order valence-corrected chi connectivity index (χ0v) is 19.7. The molecule has 0 bridgehead atoms. The summed E-state index contributed by atoms with van der Waals surface area (Å²) in [6.45, 7) is 7.61. The molecule has 0 N–H and O–H groups in total. The summed E-state index contributed by atoms with van der Waals surface area (Å²) in [5.41, 5.74) is 3.32. The van der Waals surface area contributed by atoms with Gasteiger partial charge in [0.05, 0.1) is 32.1 Å². The van der Waals surface area contributed by atoms with Crippen LogP contribution in [0.2, 0.25) is 0 Å². The second kappa shape index (κ2) is 11.9. The van der Waals surface area contributed by atoms with Crippen molar-refractivity contribution in [1.29, 1.82) is 0 Å². The van der Waals surface area contributed by atoms with E-state index in [-0.39, 0.29) is 5.91 Å². The van der Waals surface area contributed by atoms with E-state index in [9.17, 15) is 4.79 Å². The molecule has 174 valence electrons. The number of likely N-dealkylation sites (tertiary alicyclic amines) is 1. The maximum Gasteiger partial charge on any atom is 0.256 e. The van der Waals surface area contributed by atoms with E-state index in [2.05, 4.69) is 24.6 Å². The first kappa shape index (κ1) is 24.1. The Morgan fingerprint density at radius 2 is 1.94 bits per heavy atom. The number of hydrogen-bond acceptors (Lipinski definition) is 5. The molecule has 6 nitrogen and oxygen atoms in total. The molecule has 1 aliphatic heterocycles. The molecule has 6 heteroatoms. The van der Waals surface area contributed by atoms with Crippen molar-refractivity contribution in [2.45, 2.75) is 26.2 Å². The number of aliphatic imine (C=N–C) groups is 1. The van der Waals surface area contributed by atoms with Gasteiger partial charge in [0.25, 0.3) is 5.91 Å². The van der Waals surface area contributed by atoms with Crippen molar-refractivity contribution in [1.82, 2.24) is 4.90 Å². The molecular weight excluding hydrogens is 416 g/mol. The number of carbonyl (C=O) groups is 1. The fourth-order valence-corrected chi connectivity index (χ4v) is 3.64. The largest absolute Gasteiger partial charge is 0.497 e. The van der Waals surface area contributed by atoms with E-state index in [1.165, 1.54) is 5.57 Å². The summed E-state index contributed by atoms with van der Waals surface area (Å²) in [5.74, 6) is 1.85. The molecule has 1 fully saturated rings. The summed E-state index contributed by atoms with van der Waals surface area (Å²) >= 11 is 0. The van der Waals surface area contributed by atoms with Gasteiger partial charge < -0.3 is 19.1 Å². The van der Waals surface area contributed by atoms with Gasteiger partial charge in [0.1, 0.15) is 5.75 Å². The number of ether oxygens (including phenoxy) is 3. The van der Waals surface area contributed by atoms with E-state index < -0.39 is 0 Å². The molecule has 0 spiro atoms. The van der Waals surface area contributed by atoms with Crippen molar-refractivity contribution in [3.8, 4) is 17.2 Å². The van der Waals surface area contributed by atoms with E-state index in [4.69, 9.17) is 14.2 Å². The molecule has 3 rings (SSSR count). The molecule has 0 radical (unpaired) electrons. The Balaban J connectivity index is 1.83. The molecule has 0 saturated carbocycles. The first-order chi connectivity index (χ1) is 16.1. The van der Waals surface area contributed by atoms with Gasteiger partial charge in [-0.05, 0) is 42.2 Å². The highest BCUT2D eigenvalue weighted by molar-refractivity contribution is 6.01. The molecule has 1 amide bonds. The summed E-state index contributed by atoms with van der Waals surface area (Å²) in [7, 11) is 3.23. The first-order valence-corrected chi connectivity index (χ1v) is 11.2. The Labute approximate surface area is 196 Å². The molecule has 0 atom stereocenters. The molecule has 2 aromatic carbocycles. The molecule has 0 aliphatic carbocycles. The number of unbranched alkanes of at least 4 members (excludes halogenated alkanes) is 1. The van der Waals surface area contributed by atoms with E-state index in [0.717, 1.165) is 30.6 Å². The number of benzene rings is 2. The smallest absolute Gasteiger partial charge is 0.256 e. The van der Waals surface area contributed by atoms with Crippen LogP contribution in [0.3, 0.4) is 0 Å². The lowest BCUT2D eigenvalue weighted by Gasteiger charge is -2.19. The van der Waals surface area contributed by atoms with Crippen molar-refractivity contribution in [3.05, 3.63) is 65.8 Å². The van der Waals surface area contributed by atoms with E-state index in [1.54, 1.807) is 38.6 Å². The van der Waals surface area contributed by atoms with Gasteiger partial charge in [-0.1, -0.05) is 44.2 Å². The predicted octanol–water partition coefficient (Wildman–Crippen LogP) is 5.70. The van der Waals surface area contributed by atoms with Crippen LogP contribution >= 0.6 is 0 Å². The second-order valence-corrected chi connectivity index (χ2v) is 7.79. The fraction of sp³-hybridized carbons (Fsp3) is 0.333. The lowest BCUT2D eigenvalue weighted by atomic mass is 10.1. The van der Waals surface area contributed by atoms with Crippen LogP contribution in [0.15, 0.2) is 59.6 Å². The Morgan fingerprint density at radius 1 is 1.15 bits per heavy atom. The van der Waals surface area contributed by atoms with E-state index in [0.29, 0.717) is 42.4 Å². The van der Waals surface area contributed by atoms with Crippen molar-refractivity contribution in [2.24, 2.45) is 4.99 Å². The predicted molar refractivity (Wildman–Crippen MR) is 133 cm³/mol. The molecule has 0 aromatic heterocycles. The third-order valence-corrected chi connectivity index (χ3v) is 5.46. The number of methoxy groups -OCH3 is 2. The second-order valence-electron chi connectivity index (χ2n) is 7.79. The Hall–Kier alpha value is -3.54. The lowest BCUT2D eigenvalue weighted by molar-refractivity contribution is 0.0796. The number of rotatable bonds is 10. The van der Waals surface area contributed by atoms with Gasteiger partial charge in [-0.15, -0.1) is 0 Å². The fourth-order valence-electron chi connectivity index (χ4n) is 3.64. The van der Waals surface area contributed by atoms with Crippen LogP contribution in [-0.4, -0.2) is 50.9 Å². The van der Waals surface area contributed by atoms with Crippen LogP contribution < -0.4 is 14.2 Å². The number of carbonyl (C=O) groups excluding carboxylic acids is 1. The molecule has 0 unspecified atom stereocenters. The molecular formula is C27H32N2O4. The van der Waals surface area contributed by atoms with Crippen molar-refractivity contribution in [3.63, 3.8) is 0 Å². The Morgan fingerprint density at radius 3 is 2.61 bits per heavy atom. The minimum absolute atomic E-state index is 0.0808. The standard InChI is InChI=1S/C27H32N2O4/c1-5-7-15-33-26-18-24(28-13-6-2)23(17-25(26)32-4)27(30)29-14-12-21(19-29)16-20-8-10-22(31-3)11-9-20/h6,8-11,13,16-18H,2,5,7,12,14-15,19H2,1,3-4H3. The van der Waals surface area contributed by atoms with Crippen molar-refractivity contribution in [2.75, 3.05) is 33.9 Å². The lowest BCUT2D eigenvalue weighted by Crippen LogP contribution is -2.28. The monoisotopic (exact) mass is 448 g/mol. The van der Waals surface area contributed by atoms with Crippen LogP contribution in [0.4, 0.5) is 5.69 Å². The van der Waals surface area contributed by atoms with Gasteiger partial charge in [-0.3, -0.25) is 9.79 Å². The van der Waals surface area contributed by atoms with Crippen LogP contribution in [0, 0.1) is 0 Å². The van der Waals surface area contributed by atoms with Gasteiger partial charge in [0.15, 0.2) is 11.5 Å². The Kier molecular flexibility index (Phi) is 8.70. The van der Waals surface area contributed by atoms with E-state index in [1.807, 2.05) is 29.2 Å². The maximum absolute atomic E-state index is 13.4. The number of hydrogen-bond donors (Lipinski definition) is 0. The summed E-state index contributed by atoms with van der Waals surface area (Å²) in [6.07, 6.45) is 8.09. The minimum atomic E-state index is -0.0808. The zero-order chi connectivity index (χ0) is 23.6. The highest BCUT2D eigenvalue weighted by atomic mass is 16.5. The quantitative estimate of drug-likeness (QED) is 0.345. The zero-order valence-electron chi connectivity index (χ0n) is 19.7. The van der Waals surface area contributed by atoms with Crippen molar-refractivity contribution < 1.29 is 19.0 Å². The van der Waals surface area contributed by atoms with Gasteiger partial charge in [0.2, 0.25) is 0 Å². The van der Waals surface area contributed by atoms with E-state index >= 15 is 0 Å². The molecule has 2 aromatic rings. The number of nitrogens with zero attached hydrogens (tertiary/aromatic N) is 2. The SMILES string of the molecule is C=CC=Nc1cc(OCCCC)c(OC)cc1C(=O)N1CCC(=Cc2ccc(OC)cc2)C1. The number of allylic oxidation sites excluding steroid dienone is 1. The highest BCUT2D eigenvalue weighted by Gasteiger charge is 2.26. The third-order valence-electron chi connectivity index (χ3n) is 5.46. The summed E-state index contributed by atoms with van der Waals surface area (Å²) in [6, 6.07) is 11.4. The minimum Gasteiger partial charge on any atom is -0.497 e. The van der Waals surface area contributed by atoms with Gasteiger partial charge in [-0.25, -0.2) is 0 Å². The summed E-state index contributed by atoms with van der Waals surface area (Å²) in [5, 5.41) is 0. The van der Waals surface area contributed by atoms with Crippen LogP contribution in [-0.2, 0) is 0 Å². The maximum atomic E-state index is 13.4. The topological polar surface area (TPSA) is 60.4 Å². The molecule has 33 heavy (non-hydrogen) atoms. The first-order valence-electron chi connectivity index (χ1n) is 11.2. The normalized spacial score (nSPS) is 14.6. The number of amides is 1. The van der Waals surface area contributed by atoms with Crippen molar-refractivity contribution >= 4 is 23.9 Å². The Bertz CT molecular complexity index is 1030. The third kappa shape index (κ3) is 6.25. The van der Waals surface area contributed by atoms with Gasteiger partial charge >= 0.3 is 0 Å². The average molecular weight is 449 g/mol. The highest BCUT2D eigenvalue weighted by Crippen LogP contribution is 2.36. The molecule has 1 saturated heterocycles. The summed E-state index contributed by atoms with van der Waals surface area (Å²) in [4.78, 5) is 19.7. The average Bonchev–Trinajstić information content (AvgIpc) is 3.31. The van der Waals surface area contributed by atoms with Crippen LogP contribution in [0.25, 0.3) is 6.08 Å². The summed E-state index contributed by atoms with van der Waals surface area (Å²) < 4.78 is 16.6.